The third-order valence-electron chi connectivity index (χ3n) is 6.22. The number of esters is 1. The van der Waals surface area contributed by atoms with Gasteiger partial charge in [-0.05, 0) is 51.5 Å². The molecule has 0 bridgehead atoms. The van der Waals surface area contributed by atoms with E-state index >= 15 is 0 Å². The van der Waals surface area contributed by atoms with Gasteiger partial charge in [0.1, 0.15) is 11.4 Å². The van der Waals surface area contributed by atoms with E-state index in [1.54, 1.807) is 45.0 Å². The standard InChI is InChI=1S/C24H35F3N2O6S/c1-22(2,3)35-21(30)23(10-17-33-18-11-23)36(31,32)29-14-12-28(13-15-29)19-5-7-20(8-6-19)34-16-4-9-24(25,26)27/h5-8H,4,9-18H2,1-3H3. The molecule has 1 aromatic rings. The first-order chi connectivity index (χ1) is 16.7. The Hall–Kier alpha value is -2.05. The number of anilines is 1. The van der Waals surface area contributed by atoms with Crippen molar-refractivity contribution >= 4 is 21.7 Å². The number of piperazine rings is 1. The summed E-state index contributed by atoms with van der Waals surface area (Å²) in [7, 11) is -4.00. The molecular formula is C24H35F3N2O6S. The number of rotatable bonds is 8. The van der Waals surface area contributed by atoms with Crippen LogP contribution in [0.2, 0.25) is 0 Å². The van der Waals surface area contributed by atoms with Gasteiger partial charge >= 0.3 is 12.1 Å². The molecule has 8 nitrogen and oxygen atoms in total. The zero-order valence-corrected chi connectivity index (χ0v) is 21.8. The Morgan fingerprint density at radius 3 is 2.14 bits per heavy atom. The van der Waals surface area contributed by atoms with Crippen molar-refractivity contribution in [3.8, 4) is 5.75 Å². The lowest BCUT2D eigenvalue weighted by atomic mass is 9.99. The van der Waals surface area contributed by atoms with Crippen molar-refractivity contribution in [2.75, 3.05) is 50.9 Å². The van der Waals surface area contributed by atoms with Crippen LogP contribution in [0, 0.1) is 0 Å². The summed E-state index contributed by atoms with van der Waals surface area (Å²) in [5.41, 5.74) is 0.0350. The lowest BCUT2D eigenvalue weighted by Gasteiger charge is -2.42. The summed E-state index contributed by atoms with van der Waals surface area (Å²) in [5.74, 6) is -0.257. The van der Waals surface area contributed by atoms with Crippen molar-refractivity contribution in [3.63, 3.8) is 0 Å². The third-order valence-corrected chi connectivity index (χ3v) is 8.83. The van der Waals surface area contributed by atoms with E-state index in [0.29, 0.717) is 18.8 Å². The average Bonchev–Trinajstić information content (AvgIpc) is 2.81. The van der Waals surface area contributed by atoms with Crippen LogP contribution in [0.25, 0.3) is 0 Å². The minimum Gasteiger partial charge on any atom is -0.494 e. The topological polar surface area (TPSA) is 85.4 Å². The molecule has 36 heavy (non-hydrogen) atoms. The lowest BCUT2D eigenvalue weighted by Crippen LogP contribution is -2.61. The predicted octanol–water partition coefficient (Wildman–Crippen LogP) is 3.75. The van der Waals surface area contributed by atoms with Crippen molar-refractivity contribution in [2.45, 2.75) is 63.0 Å². The number of benzene rings is 1. The zero-order valence-electron chi connectivity index (χ0n) is 21.0. The van der Waals surface area contributed by atoms with E-state index in [9.17, 15) is 26.4 Å². The summed E-state index contributed by atoms with van der Waals surface area (Å²) >= 11 is 0. The number of nitrogens with zero attached hydrogens (tertiary/aromatic N) is 2. The van der Waals surface area contributed by atoms with Crippen LogP contribution in [0.1, 0.15) is 46.5 Å². The molecule has 0 amide bonds. The summed E-state index contributed by atoms with van der Waals surface area (Å²) in [6, 6.07) is 6.96. The molecule has 2 fully saturated rings. The molecule has 2 aliphatic heterocycles. The van der Waals surface area contributed by atoms with Crippen molar-refractivity contribution < 1.29 is 40.6 Å². The summed E-state index contributed by atoms with van der Waals surface area (Å²) in [4.78, 5) is 15.1. The molecule has 0 spiro atoms. The van der Waals surface area contributed by atoms with E-state index in [2.05, 4.69) is 0 Å². The number of halogens is 3. The highest BCUT2D eigenvalue weighted by molar-refractivity contribution is 7.91. The van der Waals surface area contributed by atoms with Gasteiger partial charge < -0.3 is 19.1 Å². The Labute approximate surface area is 210 Å². The number of sulfonamides is 1. The van der Waals surface area contributed by atoms with Crippen LogP contribution in [0.3, 0.4) is 0 Å². The largest absolute Gasteiger partial charge is 0.494 e. The average molecular weight is 537 g/mol. The van der Waals surface area contributed by atoms with Crippen LogP contribution in [-0.2, 0) is 24.3 Å². The molecule has 0 radical (unpaired) electrons. The molecular weight excluding hydrogens is 501 g/mol. The molecule has 0 aliphatic carbocycles. The molecule has 0 aromatic heterocycles. The second-order valence-electron chi connectivity index (χ2n) is 10.1. The summed E-state index contributed by atoms with van der Waals surface area (Å²) < 4.78 is 80.2. The van der Waals surface area contributed by atoms with Crippen molar-refractivity contribution in [1.82, 2.24) is 4.31 Å². The van der Waals surface area contributed by atoms with Crippen LogP contribution in [0.15, 0.2) is 24.3 Å². The van der Waals surface area contributed by atoms with Crippen molar-refractivity contribution in [3.05, 3.63) is 24.3 Å². The number of hydrogen-bond donors (Lipinski definition) is 0. The van der Waals surface area contributed by atoms with E-state index in [0.717, 1.165) is 5.69 Å². The van der Waals surface area contributed by atoms with Crippen LogP contribution in [0.4, 0.5) is 18.9 Å². The van der Waals surface area contributed by atoms with Gasteiger partial charge in [0.25, 0.3) is 0 Å². The van der Waals surface area contributed by atoms with E-state index in [1.807, 2.05) is 4.90 Å². The van der Waals surface area contributed by atoms with E-state index in [-0.39, 0.29) is 52.2 Å². The van der Waals surface area contributed by atoms with E-state index < -0.39 is 38.9 Å². The van der Waals surface area contributed by atoms with E-state index in [1.165, 1.54) is 4.31 Å². The van der Waals surface area contributed by atoms with Gasteiger partial charge in [0, 0.05) is 64.3 Å². The molecule has 0 saturated carbocycles. The second-order valence-corrected chi connectivity index (χ2v) is 12.3. The predicted molar refractivity (Wildman–Crippen MR) is 129 cm³/mol. The van der Waals surface area contributed by atoms with Gasteiger partial charge in [0.2, 0.25) is 10.0 Å². The fourth-order valence-corrected chi connectivity index (χ4v) is 6.36. The fraction of sp³-hybridized carbons (Fsp3) is 0.708. The molecule has 1 aromatic carbocycles. The van der Waals surface area contributed by atoms with Gasteiger partial charge in [-0.15, -0.1) is 0 Å². The number of alkyl halides is 3. The minimum absolute atomic E-state index is 0.0279. The highest BCUT2D eigenvalue weighted by Gasteiger charge is 2.56. The molecule has 0 N–H and O–H groups in total. The van der Waals surface area contributed by atoms with Crippen LogP contribution < -0.4 is 9.64 Å². The number of carbonyl (C=O) groups is 1. The van der Waals surface area contributed by atoms with Gasteiger partial charge in [0.15, 0.2) is 4.75 Å². The molecule has 2 saturated heterocycles. The highest BCUT2D eigenvalue weighted by atomic mass is 32.2. The molecule has 204 valence electrons. The normalized spacial score (nSPS) is 19.7. The van der Waals surface area contributed by atoms with Crippen LogP contribution in [-0.4, -0.2) is 81.2 Å². The van der Waals surface area contributed by atoms with Gasteiger partial charge in [-0.2, -0.15) is 17.5 Å². The smallest absolute Gasteiger partial charge is 0.389 e. The summed E-state index contributed by atoms with van der Waals surface area (Å²) in [6.07, 6.45) is -5.09. The molecule has 3 rings (SSSR count). The first-order valence-electron chi connectivity index (χ1n) is 12.1. The van der Waals surface area contributed by atoms with Gasteiger partial charge in [-0.3, -0.25) is 4.79 Å². The Balaban J connectivity index is 1.61. The van der Waals surface area contributed by atoms with Crippen LogP contribution >= 0.6 is 0 Å². The second kappa shape index (κ2) is 11.1. The monoisotopic (exact) mass is 536 g/mol. The Morgan fingerprint density at radius 2 is 1.61 bits per heavy atom. The summed E-state index contributed by atoms with van der Waals surface area (Å²) in [6.45, 7) is 6.71. The number of hydrogen-bond acceptors (Lipinski definition) is 7. The van der Waals surface area contributed by atoms with Crippen molar-refractivity contribution in [2.24, 2.45) is 0 Å². The number of carbonyl (C=O) groups excluding carboxylic acids is 1. The van der Waals surface area contributed by atoms with Gasteiger partial charge in [-0.1, -0.05) is 0 Å². The molecule has 0 unspecified atom stereocenters. The maximum atomic E-state index is 13.7. The summed E-state index contributed by atoms with van der Waals surface area (Å²) in [5, 5.41) is 0. The Bertz CT molecular complexity index is 979. The quantitative estimate of drug-likeness (QED) is 0.370. The first kappa shape index (κ1) is 28.5. The SMILES string of the molecule is CC(C)(C)OC(=O)C1(S(=O)(=O)N2CCN(c3ccc(OCCCC(F)(F)F)cc3)CC2)CCOCC1. The third kappa shape index (κ3) is 7.04. The molecule has 0 atom stereocenters. The lowest BCUT2D eigenvalue weighted by molar-refractivity contribution is -0.161. The van der Waals surface area contributed by atoms with Gasteiger partial charge in [0.05, 0.1) is 6.61 Å². The maximum absolute atomic E-state index is 13.7. The van der Waals surface area contributed by atoms with E-state index in [4.69, 9.17) is 14.2 Å². The maximum Gasteiger partial charge on any atom is 0.389 e. The van der Waals surface area contributed by atoms with Crippen molar-refractivity contribution in [1.29, 1.82) is 0 Å². The van der Waals surface area contributed by atoms with Gasteiger partial charge in [-0.25, -0.2) is 8.42 Å². The molecule has 12 heteroatoms. The molecule has 2 aliphatic rings. The zero-order chi connectivity index (χ0) is 26.6. The first-order valence-corrected chi connectivity index (χ1v) is 13.5. The minimum atomic E-state index is -4.19. The Morgan fingerprint density at radius 1 is 1.03 bits per heavy atom. The Kier molecular flexibility index (Phi) is 8.82. The molecule has 2 heterocycles. The highest BCUT2D eigenvalue weighted by Crippen LogP contribution is 2.36. The number of ether oxygens (including phenoxy) is 3. The fourth-order valence-electron chi connectivity index (χ4n) is 4.29. The van der Waals surface area contributed by atoms with Crippen LogP contribution in [0.5, 0.6) is 5.75 Å².